The molecule has 4 heteroatoms. The Balaban J connectivity index is 2.16. The fraction of sp³-hybridized carbons (Fsp3) is 0.647. The first-order valence-corrected chi connectivity index (χ1v) is 7.75. The molecule has 2 rings (SSSR count). The Morgan fingerprint density at radius 1 is 1.19 bits per heavy atom. The predicted octanol–water partition coefficient (Wildman–Crippen LogP) is 2.91. The van der Waals surface area contributed by atoms with Crippen molar-refractivity contribution in [3.05, 3.63) is 35.9 Å². The molecule has 4 nitrogen and oxygen atoms in total. The van der Waals surface area contributed by atoms with Crippen LogP contribution in [0.4, 0.5) is 0 Å². The van der Waals surface area contributed by atoms with Crippen LogP contribution in [0.3, 0.4) is 0 Å². The van der Waals surface area contributed by atoms with Gasteiger partial charge in [-0.3, -0.25) is 0 Å². The van der Waals surface area contributed by atoms with Crippen LogP contribution in [0.25, 0.3) is 0 Å². The minimum Gasteiger partial charge on any atom is -0.394 e. The summed E-state index contributed by atoms with van der Waals surface area (Å²) in [5, 5.41) is 9.66. The van der Waals surface area contributed by atoms with Crippen molar-refractivity contribution in [1.29, 1.82) is 0 Å². The minimum atomic E-state index is -0.447. The second-order valence-electron chi connectivity index (χ2n) is 5.78. The lowest BCUT2D eigenvalue weighted by Crippen LogP contribution is -2.52. The lowest BCUT2D eigenvalue weighted by Gasteiger charge is -2.43. The van der Waals surface area contributed by atoms with Crippen molar-refractivity contribution in [3.63, 3.8) is 0 Å². The van der Waals surface area contributed by atoms with Crippen LogP contribution in [0.2, 0.25) is 0 Å². The first-order chi connectivity index (χ1) is 10.2. The van der Waals surface area contributed by atoms with Crippen LogP contribution < -0.4 is 0 Å². The summed E-state index contributed by atoms with van der Waals surface area (Å²) < 4.78 is 17.9. The second kappa shape index (κ2) is 7.90. The Kier molecular flexibility index (Phi) is 6.18. The van der Waals surface area contributed by atoms with E-state index in [9.17, 15) is 5.11 Å². The standard InChI is InChI=1S/C17H26O4/c1-4-10-19-16-14(11-18)20-17(21-15(16)12(2)3)13-8-6-5-7-9-13/h5-9,12,14-18H,4,10-11H2,1-3H3. The highest BCUT2D eigenvalue weighted by Gasteiger charge is 2.41. The molecule has 4 unspecified atom stereocenters. The third-order valence-electron chi connectivity index (χ3n) is 3.69. The second-order valence-corrected chi connectivity index (χ2v) is 5.78. The number of rotatable bonds is 6. The van der Waals surface area contributed by atoms with Gasteiger partial charge in [-0.1, -0.05) is 51.1 Å². The van der Waals surface area contributed by atoms with Gasteiger partial charge < -0.3 is 19.3 Å². The van der Waals surface area contributed by atoms with Crippen molar-refractivity contribution in [2.45, 2.75) is 51.8 Å². The van der Waals surface area contributed by atoms with E-state index in [1.807, 2.05) is 30.3 Å². The highest BCUT2D eigenvalue weighted by atomic mass is 16.7. The predicted molar refractivity (Wildman–Crippen MR) is 80.9 cm³/mol. The lowest BCUT2D eigenvalue weighted by atomic mass is 9.96. The van der Waals surface area contributed by atoms with Crippen molar-refractivity contribution >= 4 is 0 Å². The molecule has 1 heterocycles. The van der Waals surface area contributed by atoms with Gasteiger partial charge in [0.25, 0.3) is 0 Å². The smallest absolute Gasteiger partial charge is 0.184 e. The van der Waals surface area contributed by atoms with Crippen LogP contribution in [0, 0.1) is 5.92 Å². The fourth-order valence-electron chi connectivity index (χ4n) is 2.61. The average Bonchev–Trinajstić information content (AvgIpc) is 2.52. The van der Waals surface area contributed by atoms with Crippen LogP contribution >= 0.6 is 0 Å². The van der Waals surface area contributed by atoms with E-state index in [0.29, 0.717) is 6.61 Å². The number of aliphatic hydroxyl groups excluding tert-OH is 1. The Bertz CT molecular complexity index is 407. The van der Waals surface area contributed by atoms with Gasteiger partial charge in [0.15, 0.2) is 6.29 Å². The number of ether oxygens (including phenoxy) is 3. The van der Waals surface area contributed by atoms with Crippen LogP contribution in [0.15, 0.2) is 30.3 Å². The molecule has 1 aliphatic rings. The van der Waals surface area contributed by atoms with Gasteiger partial charge in [-0.05, 0) is 12.3 Å². The summed E-state index contributed by atoms with van der Waals surface area (Å²) in [4.78, 5) is 0. The van der Waals surface area contributed by atoms with Gasteiger partial charge in [0.2, 0.25) is 0 Å². The Morgan fingerprint density at radius 3 is 2.48 bits per heavy atom. The molecule has 1 N–H and O–H groups in total. The van der Waals surface area contributed by atoms with Crippen molar-refractivity contribution in [2.24, 2.45) is 5.92 Å². The van der Waals surface area contributed by atoms with Crippen molar-refractivity contribution in [2.75, 3.05) is 13.2 Å². The topological polar surface area (TPSA) is 47.9 Å². The molecule has 0 saturated carbocycles. The van der Waals surface area contributed by atoms with E-state index in [2.05, 4.69) is 20.8 Å². The molecule has 0 radical (unpaired) electrons. The van der Waals surface area contributed by atoms with Gasteiger partial charge in [0, 0.05) is 12.2 Å². The highest BCUT2D eigenvalue weighted by Crippen LogP contribution is 2.34. The molecule has 1 saturated heterocycles. The molecule has 0 spiro atoms. The molecule has 1 aromatic rings. The van der Waals surface area contributed by atoms with Gasteiger partial charge in [-0.15, -0.1) is 0 Å². The first-order valence-electron chi connectivity index (χ1n) is 7.75. The SMILES string of the molecule is CCCOC1C(CO)OC(c2ccccc2)OC1C(C)C. The normalized spacial score (nSPS) is 29.8. The van der Waals surface area contributed by atoms with Crippen LogP contribution in [0.1, 0.15) is 39.0 Å². The van der Waals surface area contributed by atoms with E-state index in [0.717, 1.165) is 12.0 Å². The van der Waals surface area contributed by atoms with Crippen molar-refractivity contribution < 1.29 is 19.3 Å². The van der Waals surface area contributed by atoms with Gasteiger partial charge >= 0.3 is 0 Å². The van der Waals surface area contributed by atoms with Crippen molar-refractivity contribution in [3.8, 4) is 0 Å². The lowest BCUT2D eigenvalue weighted by molar-refractivity contribution is -0.309. The molecular formula is C17H26O4. The van der Waals surface area contributed by atoms with E-state index >= 15 is 0 Å². The van der Waals surface area contributed by atoms with E-state index < -0.39 is 6.29 Å². The van der Waals surface area contributed by atoms with E-state index in [1.165, 1.54) is 0 Å². The van der Waals surface area contributed by atoms with Gasteiger partial charge in [-0.25, -0.2) is 0 Å². The minimum absolute atomic E-state index is 0.0652. The summed E-state index contributed by atoms with van der Waals surface area (Å²) in [6, 6.07) is 9.83. The molecule has 21 heavy (non-hydrogen) atoms. The molecule has 1 aliphatic heterocycles. The quantitative estimate of drug-likeness (QED) is 0.876. The Morgan fingerprint density at radius 2 is 1.90 bits per heavy atom. The zero-order chi connectivity index (χ0) is 15.2. The maximum Gasteiger partial charge on any atom is 0.184 e. The maximum atomic E-state index is 9.66. The third kappa shape index (κ3) is 4.04. The summed E-state index contributed by atoms with van der Waals surface area (Å²) >= 11 is 0. The molecule has 0 aromatic heterocycles. The fourth-order valence-corrected chi connectivity index (χ4v) is 2.61. The largest absolute Gasteiger partial charge is 0.394 e. The Labute approximate surface area is 127 Å². The number of aliphatic hydroxyl groups is 1. The summed E-state index contributed by atoms with van der Waals surface area (Å²) in [6.45, 7) is 6.86. The zero-order valence-corrected chi connectivity index (χ0v) is 13.1. The number of benzene rings is 1. The molecule has 0 amide bonds. The zero-order valence-electron chi connectivity index (χ0n) is 13.1. The van der Waals surface area contributed by atoms with Crippen molar-refractivity contribution in [1.82, 2.24) is 0 Å². The number of hydrogen-bond donors (Lipinski definition) is 1. The average molecular weight is 294 g/mol. The Hall–Kier alpha value is -0.940. The first kappa shape index (κ1) is 16.4. The molecular weight excluding hydrogens is 268 g/mol. The van der Waals surface area contributed by atoms with Gasteiger partial charge in [0.05, 0.1) is 12.7 Å². The molecule has 1 fully saturated rings. The van der Waals surface area contributed by atoms with E-state index in [4.69, 9.17) is 14.2 Å². The monoisotopic (exact) mass is 294 g/mol. The van der Waals surface area contributed by atoms with Gasteiger partial charge in [0.1, 0.15) is 12.2 Å². The summed E-state index contributed by atoms with van der Waals surface area (Å²) in [6.07, 6.45) is -0.190. The van der Waals surface area contributed by atoms with Crippen LogP contribution in [-0.2, 0) is 14.2 Å². The van der Waals surface area contributed by atoms with E-state index in [-0.39, 0.29) is 30.8 Å². The van der Waals surface area contributed by atoms with Gasteiger partial charge in [-0.2, -0.15) is 0 Å². The van der Waals surface area contributed by atoms with Crippen LogP contribution in [0.5, 0.6) is 0 Å². The molecule has 0 bridgehead atoms. The molecule has 1 aromatic carbocycles. The maximum absolute atomic E-state index is 9.66. The molecule has 4 atom stereocenters. The van der Waals surface area contributed by atoms with E-state index in [1.54, 1.807) is 0 Å². The molecule has 0 aliphatic carbocycles. The third-order valence-corrected chi connectivity index (χ3v) is 3.69. The van der Waals surface area contributed by atoms with Crippen LogP contribution in [-0.4, -0.2) is 36.6 Å². The summed E-state index contributed by atoms with van der Waals surface area (Å²) in [5.74, 6) is 0.288. The highest BCUT2D eigenvalue weighted by molar-refractivity contribution is 5.16. The number of hydrogen-bond acceptors (Lipinski definition) is 4. The summed E-state index contributed by atoms with van der Waals surface area (Å²) in [7, 11) is 0. The summed E-state index contributed by atoms with van der Waals surface area (Å²) in [5.41, 5.74) is 0.968. The molecule has 118 valence electrons.